The second-order valence-electron chi connectivity index (χ2n) is 6.57. The van der Waals surface area contributed by atoms with Crippen LogP contribution in [0.5, 0.6) is 11.5 Å². The largest absolute Gasteiger partial charge is 0.493 e. The van der Waals surface area contributed by atoms with E-state index in [1.54, 1.807) is 26.3 Å². The standard InChI is InChI=1S/C21H27N5O5/c1-3-30-21(28)17-9-14(12-23-17)26-20-15-10-18(29-2)19(11-16(15)24-13-25-20)31-8-4-5-22-6-7-27/h9-13,22-23,27H,3-8H2,1-2H3,(H,24,25,26). The molecule has 0 aliphatic heterocycles. The number of aromatic amines is 1. The van der Waals surface area contributed by atoms with E-state index in [-0.39, 0.29) is 6.61 Å². The summed E-state index contributed by atoms with van der Waals surface area (Å²) in [5, 5.41) is 15.8. The van der Waals surface area contributed by atoms with Crippen LogP contribution in [0.25, 0.3) is 10.9 Å². The molecular formula is C21H27N5O5. The fourth-order valence-corrected chi connectivity index (χ4v) is 2.95. The first kappa shape index (κ1) is 22.3. The van der Waals surface area contributed by atoms with Crippen LogP contribution in [-0.2, 0) is 4.74 Å². The highest BCUT2D eigenvalue weighted by atomic mass is 16.5. The molecule has 31 heavy (non-hydrogen) atoms. The molecule has 2 heterocycles. The molecular weight excluding hydrogens is 402 g/mol. The fraction of sp³-hybridized carbons (Fsp3) is 0.381. The third-order valence-electron chi connectivity index (χ3n) is 4.41. The maximum Gasteiger partial charge on any atom is 0.354 e. The van der Waals surface area contributed by atoms with Gasteiger partial charge in [-0.15, -0.1) is 0 Å². The van der Waals surface area contributed by atoms with Gasteiger partial charge in [0.2, 0.25) is 0 Å². The smallest absolute Gasteiger partial charge is 0.354 e. The summed E-state index contributed by atoms with van der Waals surface area (Å²) in [4.78, 5) is 23.4. The normalized spacial score (nSPS) is 10.8. The fourth-order valence-electron chi connectivity index (χ4n) is 2.95. The molecule has 0 saturated heterocycles. The Morgan fingerprint density at radius 1 is 1.19 bits per heavy atom. The molecule has 3 rings (SSSR count). The molecule has 1 aromatic carbocycles. The van der Waals surface area contributed by atoms with Crippen LogP contribution in [0.2, 0.25) is 0 Å². The number of ether oxygens (including phenoxy) is 3. The first-order valence-electron chi connectivity index (χ1n) is 10.1. The SMILES string of the molecule is CCOC(=O)c1cc(Nc2ncnc3cc(OCCCNCCO)c(OC)cc23)c[nH]1. The number of fused-ring (bicyclic) bond motifs is 1. The molecule has 0 radical (unpaired) electrons. The van der Waals surface area contributed by atoms with E-state index in [4.69, 9.17) is 19.3 Å². The number of H-pyrrole nitrogens is 1. The lowest BCUT2D eigenvalue weighted by molar-refractivity contribution is 0.0520. The van der Waals surface area contributed by atoms with Crippen LogP contribution in [0.1, 0.15) is 23.8 Å². The molecule has 4 N–H and O–H groups in total. The first-order chi connectivity index (χ1) is 15.2. The molecule has 0 saturated carbocycles. The summed E-state index contributed by atoms with van der Waals surface area (Å²) in [6.45, 7) is 3.98. The zero-order chi connectivity index (χ0) is 22.1. The van der Waals surface area contributed by atoms with Crippen LogP contribution in [0, 0.1) is 0 Å². The minimum atomic E-state index is -0.418. The van der Waals surface area contributed by atoms with Gasteiger partial charge in [0.15, 0.2) is 11.5 Å². The lowest BCUT2D eigenvalue weighted by Crippen LogP contribution is -2.20. The van der Waals surface area contributed by atoms with E-state index in [0.29, 0.717) is 54.0 Å². The van der Waals surface area contributed by atoms with Crippen molar-refractivity contribution in [3.63, 3.8) is 0 Å². The highest BCUT2D eigenvalue weighted by Crippen LogP contribution is 2.34. The van der Waals surface area contributed by atoms with Gasteiger partial charge in [0.1, 0.15) is 17.8 Å². The predicted molar refractivity (Wildman–Crippen MR) is 116 cm³/mol. The van der Waals surface area contributed by atoms with E-state index in [0.717, 1.165) is 18.4 Å². The van der Waals surface area contributed by atoms with E-state index < -0.39 is 5.97 Å². The summed E-state index contributed by atoms with van der Waals surface area (Å²) < 4.78 is 16.4. The highest BCUT2D eigenvalue weighted by Gasteiger charge is 2.14. The number of anilines is 2. The molecule has 0 aliphatic rings. The van der Waals surface area contributed by atoms with E-state index in [2.05, 4.69) is 25.6 Å². The number of hydrogen-bond acceptors (Lipinski definition) is 9. The molecule has 10 heteroatoms. The number of carbonyl (C=O) groups is 1. The monoisotopic (exact) mass is 429 g/mol. The van der Waals surface area contributed by atoms with Crippen molar-refractivity contribution in [1.82, 2.24) is 20.3 Å². The number of carbonyl (C=O) groups excluding carboxylic acids is 1. The summed E-state index contributed by atoms with van der Waals surface area (Å²) in [7, 11) is 1.57. The molecule has 0 aliphatic carbocycles. The maximum absolute atomic E-state index is 11.9. The summed E-state index contributed by atoms with van der Waals surface area (Å²) in [6.07, 6.45) is 3.91. The molecule has 166 valence electrons. The third kappa shape index (κ3) is 5.83. The van der Waals surface area contributed by atoms with E-state index >= 15 is 0 Å². The van der Waals surface area contributed by atoms with Crippen molar-refractivity contribution in [3.8, 4) is 11.5 Å². The van der Waals surface area contributed by atoms with Crippen molar-refractivity contribution >= 4 is 28.4 Å². The highest BCUT2D eigenvalue weighted by molar-refractivity contribution is 5.94. The first-order valence-corrected chi connectivity index (χ1v) is 10.1. The zero-order valence-electron chi connectivity index (χ0n) is 17.6. The van der Waals surface area contributed by atoms with Crippen molar-refractivity contribution in [2.75, 3.05) is 45.3 Å². The summed E-state index contributed by atoms with van der Waals surface area (Å²) in [5.74, 6) is 1.30. The zero-order valence-corrected chi connectivity index (χ0v) is 17.6. The van der Waals surface area contributed by atoms with Gasteiger partial charge in [0.25, 0.3) is 0 Å². The average molecular weight is 429 g/mol. The minimum Gasteiger partial charge on any atom is -0.493 e. The number of hydrogen-bond donors (Lipinski definition) is 4. The summed E-state index contributed by atoms with van der Waals surface area (Å²) in [6, 6.07) is 5.28. The lowest BCUT2D eigenvalue weighted by atomic mass is 10.2. The second-order valence-corrected chi connectivity index (χ2v) is 6.57. The number of benzene rings is 1. The van der Waals surface area contributed by atoms with E-state index in [1.165, 1.54) is 6.33 Å². The van der Waals surface area contributed by atoms with E-state index in [1.807, 2.05) is 12.1 Å². The Hall–Kier alpha value is -3.37. The van der Waals surface area contributed by atoms with Gasteiger partial charge in [0.05, 0.1) is 38.1 Å². The number of aliphatic hydroxyl groups is 1. The lowest BCUT2D eigenvalue weighted by Gasteiger charge is -2.13. The van der Waals surface area contributed by atoms with Crippen molar-refractivity contribution < 1.29 is 24.1 Å². The van der Waals surface area contributed by atoms with Gasteiger partial charge in [-0.1, -0.05) is 0 Å². The maximum atomic E-state index is 11.9. The molecule has 0 bridgehead atoms. The van der Waals surface area contributed by atoms with Crippen LogP contribution >= 0.6 is 0 Å². The Kier molecular flexibility index (Phi) is 8.02. The molecule has 0 atom stereocenters. The Labute approximate surface area is 179 Å². The number of nitrogens with one attached hydrogen (secondary N) is 3. The molecule has 3 aromatic rings. The number of aliphatic hydroxyl groups excluding tert-OH is 1. The average Bonchev–Trinajstić information content (AvgIpc) is 3.25. The van der Waals surface area contributed by atoms with Gasteiger partial charge in [-0.25, -0.2) is 14.8 Å². The number of aromatic nitrogens is 3. The van der Waals surface area contributed by atoms with Crippen molar-refractivity contribution in [3.05, 3.63) is 36.4 Å². The molecule has 2 aromatic heterocycles. The molecule has 10 nitrogen and oxygen atoms in total. The summed E-state index contributed by atoms with van der Waals surface area (Å²) >= 11 is 0. The van der Waals surface area contributed by atoms with Crippen molar-refractivity contribution in [2.45, 2.75) is 13.3 Å². The molecule has 0 fully saturated rings. The van der Waals surface area contributed by atoms with Crippen LogP contribution in [0.3, 0.4) is 0 Å². The van der Waals surface area contributed by atoms with Gasteiger partial charge >= 0.3 is 5.97 Å². The third-order valence-corrected chi connectivity index (χ3v) is 4.41. The number of methoxy groups -OCH3 is 1. The Bertz CT molecular complexity index is 1010. The molecule has 0 amide bonds. The number of rotatable bonds is 12. The summed E-state index contributed by atoms with van der Waals surface area (Å²) in [5.41, 5.74) is 1.70. The quantitative estimate of drug-likeness (QED) is 0.253. The van der Waals surface area contributed by atoms with Gasteiger partial charge < -0.3 is 34.9 Å². The van der Waals surface area contributed by atoms with Gasteiger partial charge in [-0.2, -0.15) is 0 Å². The van der Waals surface area contributed by atoms with Gasteiger partial charge in [0, 0.05) is 24.2 Å². The number of nitrogens with zero attached hydrogens (tertiary/aromatic N) is 2. The van der Waals surface area contributed by atoms with Crippen LogP contribution in [0.15, 0.2) is 30.7 Å². The predicted octanol–water partition coefficient (Wildman–Crippen LogP) is 2.24. The topological polar surface area (TPSA) is 131 Å². The van der Waals surface area contributed by atoms with E-state index in [9.17, 15) is 4.79 Å². The van der Waals surface area contributed by atoms with Gasteiger partial charge in [-0.05, 0) is 32.0 Å². The van der Waals surface area contributed by atoms with Crippen molar-refractivity contribution in [1.29, 1.82) is 0 Å². The van der Waals surface area contributed by atoms with Crippen LogP contribution in [-0.4, -0.2) is 66.0 Å². The second kappa shape index (κ2) is 11.1. The van der Waals surface area contributed by atoms with Crippen molar-refractivity contribution in [2.24, 2.45) is 0 Å². The molecule has 0 spiro atoms. The van der Waals surface area contributed by atoms with Crippen LogP contribution in [0.4, 0.5) is 11.5 Å². The minimum absolute atomic E-state index is 0.113. The van der Waals surface area contributed by atoms with Gasteiger partial charge in [-0.3, -0.25) is 0 Å². The Morgan fingerprint density at radius 2 is 2.06 bits per heavy atom. The van der Waals surface area contributed by atoms with Crippen LogP contribution < -0.4 is 20.1 Å². The molecule has 0 unspecified atom stereocenters. The number of esters is 1. The Morgan fingerprint density at radius 3 is 2.84 bits per heavy atom. The Balaban J connectivity index is 1.75.